The zero-order chi connectivity index (χ0) is 29.0. The Kier molecular flexibility index (Phi) is 9.42. The molecular formula is C37H50O3Si. The first kappa shape index (κ1) is 30.1. The van der Waals surface area contributed by atoms with Crippen molar-refractivity contribution < 1.29 is 14.3 Å². The number of hydrogen-bond acceptors (Lipinski definition) is 3. The SMILES string of the molecule is CCCC[C@H](O)CC[C@@H]1[C@@H]2Cc3cccc(OC)c3C[C@H]2C[C@@H]1O[Si](c1ccccc1)(c1ccccc1)C(C)(C)C. The average molecular weight is 571 g/mol. The van der Waals surface area contributed by atoms with Gasteiger partial charge in [0.2, 0.25) is 0 Å². The van der Waals surface area contributed by atoms with Crippen molar-refractivity contribution in [3.63, 3.8) is 0 Å². The van der Waals surface area contributed by atoms with Crippen LogP contribution in [0.4, 0.5) is 0 Å². The van der Waals surface area contributed by atoms with Crippen LogP contribution in [-0.4, -0.2) is 32.7 Å². The van der Waals surface area contributed by atoms with Gasteiger partial charge in [-0.25, -0.2) is 0 Å². The molecule has 5 atom stereocenters. The minimum Gasteiger partial charge on any atom is -0.496 e. The third-order valence-corrected chi connectivity index (χ3v) is 15.1. The van der Waals surface area contributed by atoms with Crippen LogP contribution in [0, 0.1) is 17.8 Å². The van der Waals surface area contributed by atoms with Gasteiger partial charge in [0, 0.05) is 6.10 Å². The Morgan fingerprint density at radius 1 is 0.878 bits per heavy atom. The van der Waals surface area contributed by atoms with Gasteiger partial charge < -0.3 is 14.3 Å². The molecule has 0 radical (unpaired) electrons. The van der Waals surface area contributed by atoms with Crippen LogP contribution in [0.1, 0.15) is 77.3 Å². The van der Waals surface area contributed by atoms with E-state index in [1.165, 1.54) is 21.5 Å². The van der Waals surface area contributed by atoms with Crippen molar-refractivity contribution >= 4 is 18.7 Å². The van der Waals surface area contributed by atoms with Gasteiger partial charge in [-0.05, 0) is 88.9 Å². The Bertz CT molecular complexity index is 1210. The largest absolute Gasteiger partial charge is 0.496 e. The summed E-state index contributed by atoms with van der Waals surface area (Å²) in [5.74, 6) is 2.59. The maximum Gasteiger partial charge on any atom is 0.261 e. The van der Waals surface area contributed by atoms with E-state index in [-0.39, 0.29) is 17.2 Å². The first-order chi connectivity index (χ1) is 19.8. The zero-order valence-electron chi connectivity index (χ0n) is 25.8. The molecule has 220 valence electrons. The van der Waals surface area contributed by atoms with Crippen molar-refractivity contribution in [3.8, 4) is 5.75 Å². The summed E-state index contributed by atoms with van der Waals surface area (Å²) in [5.41, 5.74) is 2.83. The molecule has 3 aromatic rings. The summed E-state index contributed by atoms with van der Waals surface area (Å²) in [6, 6.07) is 28.7. The summed E-state index contributed by atoms with van der Waals surface area (Å²) >= 11 is 0. The number of aliphatic hydroxyl groups excluding tert-OH is 1. The van der Waals surface area contributed by atoms with Gasteiger partial charge in [-0.1, -0.05) is 113 Å². The third-order valence-electron chi connectivity index (χ3n) is 10.0. The van der Waals surface area contributed by atoms with Gasteiger partial charge in [0.1, 0.15) is 5.75 Å². The van der Waals surface area contributed by atoms with E-state index in [1.807, 2.05) is 0 Å². The van der Waals surface area contributed by atoms with Crippen LogP contribution in [0.2, 0.25) is 5.04 Å². The lowest BCUT2D eigenvalue weighted by molar-refractivity contribution is 0.0951. The molecule has 3 aromatic carbocycles. The average Bonchev–Trinajstić information content (AvgIpc) is 3.31. The van der Waals surface area contributed by atoms with Gasteiger partial charge in [-0.2, -0.15) is 0 Å². The molecule has 1 saturated carbocycles. The molecule has 2 aliphatic rings. The quantitative estimate of drug-likeness (QED) is 0.246. The van der Waals surface area contributed by atoms with Crippen LogP contribution in [0.25, 0.3) is 0 Å². The van der Waals surface area contributed by atoms with E-state index in [9.17, 15) is 5.11 Å². The Balaban J connectivity index is 1.54. The molecule has 0 aliphatic heterocycles. The molecule has 5 rings (SSSR count). The van der Waals surface area contributed by atoms with E-state index < -0.39 is 8.32 Å². The van der Waals surface area contributed by atoms with Gasteiger partial charge in [0.05, 0.1) is 13.2 Å². The molecule has 0 bridgehead atoms. The number of unbranched alkanes of at least 4 members (excludes halogenated alkanes) is 1. The number of ether oxygens (including phenoxy) is 1. The molecule has 0 heterocycles. The number of methoxy groups -OCH3 is 1. The van der Waals surface area contributed by atoms with Crippen molar-refractivity contribution in [1.82, 2.24) is 0 Å². The number of rotatable bonds is 11. The van der Waals surface area contributed by atoms with Crippen molar-refractivity contribution in [2.45, 2.75) is 96.3 Å². The lowest BCUT2D eigenvalue weighted by Gasteiger charge is -2.46. The van der Waals surface area contributed by atoms with Crippen LogP contribution in [0.15, 0.2) is 78.9 Å². The fourth-order valence-electron chi connectivity index (χ4n) is 7.99. The first-order valence-corrected chi connectivity index (χ1v) is 17.8. The maximum atomic E-state index is 10.9. The van der Waals surface area contributed by atoms with Gasteiger partial charge in [-0.3, -0.25) is 0 Å². The smallest absolute Gasteiger partial charge is 0.261 e. The van der Waals surface area contributed by atoms with Crippen LogP contribution in [0.5, 0.6) is 5.75 Å². The van der Waals surface area contributed by atoms with Crippen LogP contribution < -0.4 is 15.1 Å². The van der Waals surface area contributed by atoms with Gasteiger partial charge in [0.15, 0.2) is 0 Å². The van der Waals surface area contributed by atoms with E-state index in [0.29, 0.717) is 17.8 Å². The molecule has 0 saturated heterocycles. The van der Waals surface area contributed by atoms with Crippen molar-refractivity contribution in [3.05, 3.63) is 90.0 Å². The third kappa shape index (κ3) is 6.07. The second kappa shape index (κ2) is 12.9. The first-order valence-electron chi connectivity index (χ1n) is 15.9. The lowest BCUT2D eigenvalue weighted by Crippen LogP contribution is -2.68. The molecule has 0 amide bonds. The maximum absolute atomic E-state index is 10.9. The Morgan fingerprint density at radius 2 is 1.54 bits per heavy atom. The molecule has 2 aliphatic carbocycles. The van der Waals surface area contributed by atoms with Crippen LogP contribution in [-0.2, 0) is 17.3 Å². The van der Waals surface area contributed by atoms with E-state index in [2.05, 4.69) is 107 Å². The predicted molar refractivity (Wildman–Crippen MR) is 173 cm³/mol. The van der Waals surface area contributed by atoms with E-state index in [0.717, 1.165) is 57.1 Å². The number of fused-ring (bicyclic) bond motifs is 2. The molecule has 1 fully saturated rings. The van der Waals surface area contributed by atoms with Crippen molar-refractivity contribution in [2.24, 2.45) is 17.8 Å². The Labute approximate surface area is 249 Å². The lowest BCUT2D eigenvalue weighted by atomic mass is 9.73. The van der Waals surface area contributed by atoms with Crippen LogP contribution >= 0.6 is 0 Å². The zero-order valence-corrected chi connectivity index (χ0v) is 26.8. The monoisotopic (exact) mass is 570 g/mol. The van der Waals surface area contributed by atoms with E-state index >= 15 is 0 Å². The fourth-order valence-corrected chi connectivity index (χ4v) is 12.7. The second-order valence-corrected chi connectivity index (χ2v) is 17.8. The van der Waals surface area contributed by atoms with E-state index in [4.69, 9.17) is 9.16 Å². The molecule has 0 spiro atoms. The molecule has 1 N–H and O–H groups in total. The topological polar surface area (TPSA) is 38.7 Å². The molecule has 0 unspecified atom stereocenters. The van der Waals surface area contributed by atoms with Crippen molar-refractivity contribution in [1.29, 1.82) is 0 Å². The number of aliphatic hydroxyl groups is 1. The summed E-state index contributed by atoms with van der Waals surface area (Å²) in [7, 11) is -0.885. The van der Waals surface area contributed by atoms with Crippen molar-refractivity contribution in [2.75, 3.05) is 7.11 Å². The summed E-state index contributed by atoms with van der Waals surface area (Å²) in [4.78, 5) is 0. The normalized spacial score (nSPS) is 23.1. The number of benzene rings is 3. The summed E-state index contributed by atoms with van der Waals surface area (Å²) in [6.45, 7) is 9.35. The highest BCUT2D eigenvalue weighted by atomic mass is 28.4. The summed E-state index contributed by atoms with van der Waals surface area (Å²) in [6.07, 6.45) is 8.14. The van der Waals surface area contributed by atoms with Gasteiger partial charge >= 0.3 is 0 Å². The highest BCUT2D eigenvalue weighted by molar-refractivity contribution is 6.99. The summed E-state index contributed by atoms with van der Waals surface area (Å²) < 4.78 is 13.6. The minimum absolute atomic E-state index is 0.0547. The molecule has 41 heavy (non-hydrogen) atoms. The molecular weight excluding hydrogens is 520 g/mol. The standard InChI is InChI=1S/C37H50O3Si/c1-6-7-16-29(38)22-23-32-33-24-27-15-14-21-35(39-5)34(27)25-28(33)26-36(32)40-41(37(2,3)4,30-17-10-8-11-18-30)31-19-12-9-13-20-31/h8-15,17-21,28-29,32-33,36,38H,6-7,16,22-26H2,1-5H3/t28-,29-,32+,33+,36-/m0/s1. The highest BCUT2D eigenvalue weighted by Crippen LogP contribution is 2.51. The predicted octanol–water partition coefficient (Wildman–Crippen LogP) is 7.32. The summed E-state index contributed by atoms with van der Waals surface area (Å²) in [5, 5.41) is 13.6. The highest BCUT2D eigenvalue weighted by Gasteiger charge is 2.55. The fraction of sp³-hybridized carbons (Fsp3) is 0.514. The Hall–Kier alpha value is -2.40. The Morgan fingerprint density at radius 3 is 2.12 bits per heavy atom. The van der Waals surface area contributed by atoms with Gasteiger partial charge in [-0.15, -0.1) is 0 Å². The van der Waals surface area contributed by atoms with Crippen LogP contribution in [0.3, 0.4) is 0 Å². The second-order valence-electron chi connectivity index (χ2n) is 13.5. The molecule has 0 aromatic heterocycles. The molecule has 4 heteroatoms. The van der Waals surface area contributed by atoms with E-state index in [1.54, 1.807) is 7.11 Å². The van der Waals surface area contributed by atoms with Gasteiger partial charge in [0.25, 0.3) is 8.32 Å². The molecule has 3 nitrogen and oxygen atoms in total. The number of hydrogen-bond donors (Lipinski definition) is 1. The minimum atomic E-state index is -2.68.